The van der Waals surface area contributed by atoms with Crippen LogP contribution in [0.1, 0.15) is 10.5 Å². The summed E-state index contributed by atoms with van der Waals surface area (Å²) >= 11 is 0. The van der Waals surface area contributed by atoms with Crippen molar-refractivity contribution in [1.82, 2.24) is 14.8 Å². The van der Waals surface area contributed by atoms with E-state index in [1.54, 1.807) is 40.9 Å². The highest BCUT2D eigenvalue weighted by molar-refractivity contribution is 6.04. The summed E-state index contributed by atoms with van der Waals surface area (Å²) in [5.74, 6) is -0.832. The molecule has 1 rings (SSSR count). The quantitative estimate of drug-likeness (QED) is 0.667. The standard InChI is InChI=1S/C13H19N3O3/c1-3-6-16(8-9-17)10-12(18)14-13(19)11-5-4-7-15(11)2/h3-5,7,17H,1,6,8-10H2,2H3,(H,14,18,19). The van der Waals surface area contributed by atoms with E-state index in [2.05, 4.69) is 11.9 Å². The molecule has 2 N–H and O–H groups in total. The van der Waals surface area contributed by atoms with Gasteiger partial charge in [0.2, 0.25) is 5.91 Å². The third kappa shape index (κ3) is 4.69. The molecule has 1 heterocycles. The van der Waals surface area contributed by atoms with Crippen LogP contribution in [-0.4, -0.2) is 52.6 Å². The highest BCUT2D eigenvalue weighted by atomic mass is 16.3. The largest absolute Gasteiger partial charge is 0.395 e. The minimum atomic E-state index is -0.431. The first kappa shape index (κ1) is 15.1. The van der Waals surface area contributed by atoms with E-state index in [-0.39, 0.29) is 13.2 Å². The smallest absolute Gasteiger partial charge is 0.274 e. The molecule has 6 nitrogen and oxygen atoms in total. The molecule has 1 aromatic heterocycles. The third-order valence-electron chi connectivity index (χ3n) is 2.60. The van der Waals surface area contributed by atoms with Gasteiger partial charge in [0.15, 0.2) is 0 Å². The molecule has 0 atom stereocenters. The average Bonchev–Trinajstić information content (AvgIpc) is 2.76. The van der Waals surface area contributed by atoms with Gasteiger partial charge in [-0.15, -0.1) is 6.58 Å². The number of aromatic nitrogens is 1. The van der Waals surface area contributed by atoms with Crippen molar-refractivity contribution in [2.24, 2.45) is 7.05 Å². The Morgan fingerprint density at radius 2 is 2.32 bits per heavy atom. The fourth-order valence-corrected chi connectivity index (χ4v) is 1.69. The summed E-state index contributed by atoms with van der Waals surface area (Å²) in [5.41, 5.74) is 0.422. The SMILES string of the molecule is C=CCN(CCO)CC(=O)NC(=O)c1cccn1C. The monoisotopic (exact) mass is 265 g/mol. The number of imide groups is 1. The lowest BCUT2D eigenvalue weighted by atomic mass is 10.3. The number of carbonyl (C=O) groups excluding carboxylic acids is 2. The van der Waals surface area contributed by atoms with Crippen LogP contribution in [-0.2, 0) is 11.8 Å². The highest BCUT2D eigenvalue weighted by Crippen LogP contribution is 1.99. The molecule has 0 aliphatic heterocycles. The minimum Gasteiger partial charge on any atom is -0.395 e. The molecule has 0 fully saturated rings. The zero-order valence-corrected chi connectivity index (χ0v) is 11.0. The second kappa shape index (κ2) is 7.50. The van der Waals surface area contributed by atoms with Crippen molar-refractivity contribution in [3.63, 3.8) is 0 Å². The molecule has 0 aromatic carbocycles. The topological polar surface area (TPSA) is 74.6 Å². The fraction of sp³-hybridized carbons (Fsp3) is 0.385. The predicted octanol–water partition coefficient (Wildman–Crippen LogP) is -0.238. The Kier molecular flexibility index (Phi) is 5.98. The van der Waals surface area contributed by atoms with Gasteiger partial charge >= 0.3 is 0 Å². The molecule has 6 heteroatoms. The van der Waals surface area contributed by atoms with Gasteiger partial charge in [-0.3, -0.25) is 19.8 Å². The average molecular weight is 265 g/mol. The van der Waals surface area contributed by atoms with Crippen molar-refractivity contribution >= 4 is 11.8 Å². The number of hydrogen-bond acceptors (Lipinski definition) is 4. The molecule has 0 bridgehead atoms. The first-order valence-corrected chi connectivity index (χ1v) is 5.98. The van der Waals surface area contributed by atoms with Crippen molar-refractivity contribution in [1.29, 1.82) is 0 Å². The van der Waals surface area contributed by atoms with Crippen LogP contribution in [0.5, 0.6) is 0 Å². The fourth-order valence-electron chi connectivity index (χ4n) is 1.69. The summed E-state index contributed by atoms with van der Waals surface area (Å²) < 4.78 is 1.64. The van der Waals surface area contributed by atoms with Crippen LogP contribution in [0.15, 0.2) is 31.0 Å². The van der Waals surface area contributed by atoms with Crippen LogP contribution in [0, 0.1) is 0 Å². The Balaban J connectivity index is 2.52. The van der Waals surface area contributed by atoms with Crippen molar-refractivity contribution in [2.75, 3.05) is 26.2 Å². The van der Waals surface area contributed by atoms with E-state index in [1.165, 1.54) is 0 Å². The highest BCUT2D eigenvalue weighted by Gasteiger charge is 2.15. The van der Waals surface area contributed by atoms with Crippen molar-refractivity contribution in [3.05, 3.63) is 36.7 Å². The molecule has 0 saturated carbocycles. The van der Waals surface area contributed by atoms with Gasteiger partial charge in [0.25, 0.3) is 5.91 Å². The maximum atomic E-state index is 11.8. The lowest BCUT2D eigenvalue weighted by Crippen LogP contribution is -2.41. The maximum Gasteiger partial charge on any atom is 0.274 e. The summed E-state index contributed by atoms with van der Waals surface area (Å²) in [5, 5.41) is 11.2. The van der Waals surface area contributed by atoms with Crippen molar-refractivity contribution in [3.8, 4) is 0 Å². The number of rotatable bonds is 7. The Bertz CT molecular complexity index is 454. The minimum absolute atomic E-state index is 0.0444. The Morgan fingerprint density at radius 1 is 1.58 bits per heavy atom. The summed E-state index contributed by atoms with van der Waals surface area (Å²) in [4.78, 5) is 25.2. The van der Waals surface area contributed by atoms with Crippen molar-refractivity contribution in [2.45, 2.75) is 0 Å². The Hall–Kier alpha value is -1.92. The molecule has 2 amide bonds. The van der Waals surface area contributed by atoms with E-state index >= 15 is 0 Å². The lowest BCUT2D eigenvalue weighted by molar-refractivity contribution is -0.121. The Labute approximate surface area is 112 Å². The Morgan fingerprint density at radius 3 is 2.84 bits per heavy atom. The zero-order chi connectivity index (χ0) is 14.3. The van der Waals surface area contributed by atoms with Gasteiger partial charge < -0.3 is 9.67 Å². The van der Waals surface area contributed by atoms with Crippen molar-refractivity contribution < 1.29 is 14.7 Å². The number of nitrogens with one attached hydrogen (secondary N) is 1. The lowest BCUT2D eigenvalue weighted by Gasteiger charge is -2.18. The summed E-state index contributed by atoms with van der Waals surface area (Å²) in [6.07, 6.45) is 3.37. The van der Waals surface area contributed by atoms with Crippen LogP contribution in [0.25, 0.3) is 0 Å². The van der Waals surface area contributed by atoms with Crippen LogP contribution in [0.4, 0.5) is 0 Å². The zero-order valence-electron chi connectivity index (χ0n) is 11.0. The van der Waals surface area contributed by atoms with E-state index in [0.29, 0.717) is 18.8 Å². The second-order valence-electron chi connectivity index (χ2n) is 4.13. The third-order valence-corrected chi connectivity index (χ3v) is 2.60. The van der Waals surface area contributed by atoms with Crippen LogP contribution >= 0.6 is 0 Å². The molecule has 104 valence electrons. The number of nitrogens with zero attached hydrogens (tertiary/aromatic N) is 2. The number of aliphatic hydroxyl groups excluding tert-OH is 1. The van der Waals surface area contributed by atoms with E-state index in [9.17, 15) is 9.59 Å². The molecule has 0 saturated heterocycles. The first-order chi connectivity index (χ1) is 9.08. The molecule has 0 radical (unpaired) electrons. The van der Waals surface area contributed by atoms with Gasteiger partial charge in [-0.2, -0.15) is 0 Å². The van der Waals surface area contributed by atoms with Gasteiger partial charge in [-0.1, -0.05) is 6.08 Å². The van der Waals surface area contributed by atoms with Gasteiger partial charge in [-0.05, 0) is 12.1 Å². The number of amides is 2. The van der Waals surface area contributed by atoms with Gasteiger partial charge in [0, 0.05) is 26.3 Å². The number of hydrogen-bond donors (Lipinski definition) is 2. The predicted molar refractivity (Wildman–Crippen MR) is 71.6 cm³/mol. The summed E-state index contributed by atoms with van der Waals surface area (Å²) in [6.45, 7) is 4.41. The molecule has 19 heavy (non-hydrogen) atoms. The van der Waals surface area contributed by atoms with E-state index < -0.39 is 11.8 Å². The molecule has 0 aliphatic carbocycles. The molecular weight excluding hydrogens is 246 g/mol. The number of carbonyl (C=O) groups is 2. The molecule has 0 spiro atoms. The van der Waals surface area contributed by atoms with Gasteiger partial charge in [0.05, 0.1) is 13.2 Å². The summed E-state index contributed by atoms with van der Waals surface area (Å²) in [6, 6.07) is 3.37. The number of aryl methyl sites for hydroxylation is 1. The van der Waals surface area contributed by atoms with E-state index in [4.69, 9.17) is 5.11 Å². The molecular formula is C13H19N3O3. The molecule has 0 aliphatic rings. The maximum absolute atomic E-state index is 11.8. The van der Waals surface area contributed by atoms with E-state index in [1.807, 2.05) is 0 Å². The molecule has 0 unspecified atom stereocenters. The first-order valence-electron chi connectivity index (χ1n) is 5.98. The number of aliphatic hydroxyl groups is 1. The summed E-state index contributed by atoms with van der Waals surface area (Å²) in [7, 11) is 1.73. The van der Waals surface area contributed by atoms with Crippen LogP contribution in [0.2, 0.25) is 0 Å². The van der Waals surface area contributed by atoms with Crippen LogP contribution in [0.3, 0.4) is 0 Å². The van der Waals surface area contributed by atoms with E-state index in [0.717, 1.165) is 0 Å². The second-order valence-corrected chi connectivity index (χ2v) is 4.13. The van der Waals surface area contributed by atoms with Gasteiger partial charge in [-0.25, -0.2) is 0 Å². The van der Waals surface area contributed by atoms with Gasteiger partial charge in [0.1, 0.15) is 5.69 Å². The normalized spacial score (nSPS) is 10.5. The van der Waals surface area contributed by atoms with Crippen LogP contribution < -0.4 is 5.32 Å². The molecule has 1 aromatic rings.